The van der Waals surface area contributed by atoms with E-state index in [9.17, 15) is 14.2 Å². The number of phosphoric acid groups is 1. The molecular weight excluding hydrogens is 591 g/mol. The number of benzene rings is 1. The molecule has 0 aliphatic carbocycles. The Morgan fingerprint density at radius 2 is 0.778 bits per heavy atom. The van der Waals surface area contributed by atoms with Crippen LogP contribution in [-0.4, -0.2) is 45.0 Å². The van der Waals surface area contributed by atoms with Crippen LogP contribution < -0.4 is 0 Å². The molecule has 262 valence electrons. The number of unbranched alkanes of at least 4 members (excludes halogenated alkanes) is 13. The minimum absolute atomic E-state index is 0.293. The summed E-state index contributed by atoms with van der Waals surface area (Å²) in [4.78, 5) is 24.7. The Hall–Kier alpha value is -1.73. The van der Waals surface area contributed by atoms with E-state index >= 15 is 0 Å². The highest BCUT2D eigenvalue weighted by Gasteiger charge is 2.25. The zero-order chi connectivity index (χ0) is 33.4. The van der Waals surface area contributed by atoms with Gasteiger partial charge < -0.3 is 9.47 Å². The molecule has 1 aromatic rings. The minimum Gasteiger partial charge on any atom is -0.462 e. The quantitative estimate of drug-likeness (QED) is 0.0499. The van der Waals surface area contributed by atoms with Gasteiger partial charge in [0.2, 0.25) is 0 Å². The second-order valence-electron chi connectivity index (χ2n) is 11.4. The van der Waals surface area contributed by atoms with Crippen LogP contribution in [0.5, 0.6) is 0 Å². The maximum atomic E-state index is 12.4. The number of carbonyl (C=O) groups is 2. The van der Waals surface area contributed by atoms with Crippen LogP contribution in [0.3, 0.4) is 0 Å². The zero-order valence-corrected chi connectivity index (χ0v) is 30.2. The third kappa shape index (κ3) is 24.2. The molecule has 0 saturated heterocycles. The van der Waals surface area contributed by atoms with Crippen LogP contribution >= 0.6 is 7.82 Å². The molecule has 0 spiro atoms. The van der Waals surface area contributed by atoms with Crippen LogP contribution in [0.15, 0.2) is 24.3 Å². The van der Waals surface area contributed by atoms with Gasteiger partial charge in [0, 0.05) is 0 Å². The summed E-state index contributed by atoms with van der Waals surface area (Å²) in [6.07, 6.45) is 19.3. The summed E-state index contributed by atoms with van der Waals surface area (Å²) >= 11 is 0. The van der Waals surface area contributed by atoms with Gasteiger partial charge in [-0.3, -0.25) is 13.6 Å². The van der Waals surface area contributed by atoms with E-state index in [0.29, 0.717) is 44.2 Å². The fourth-order valence-corrected chi connectivity index (χ4v) is 5.44. The Kier molecular flexibility index (Phi) is 29.7. The average Bonchev–Trinajstić information content (AvgIpc) is 3.04. The van der Waals surface area contributed by atoms with Crippen LogP contribution in [0.4, 0.5) is 0 Å². The molecule has 0 amide bonds. The summed E-state index contributed by atoms with van der Waals surface area (Å²) in [5, 5.41) is 0. The molecule has 0 aliphatic heterocycles. The highest BCUT2D eigenvalue weighted by Crippen LogP contribution is 2.49. The molecule has 0 N–H and O–H groups in total. The van der Waals surface area contributed by atoms with E-state index in [0.717, 1.165) is 64.2 Å². The molecular formula is C36H65O8P. The molecule has 1 rings (SSSR count). The van der Waals surface area contributed by atoms with E-state index in [-0.39, 0.29) is 0 Å². The molecule has 0 saturated carbocycles. The number of phosphoric ester groups is 1. The second-order valence-corrected chi connectivity index (χ2v) is 13.0. The van der Waals surface area contributed by atoms with Crippen molar-refractivity contribution < 1.29 is 37.2 Å². The topological polar surface area (TPSA) is 97.4 Å². The smallest absolute Gasteiger partial charge is 0.462 e. The van der Waals surface area contributed by atoms with Crippen molar-refractivity contribution in [1.82, 2.24) is 0 Å². The van der Waals surface area contributed by atoms with Crippen molar-refractivity contribution in [3.8, 4) is 0 Å². The largest absolute Gasteiger partial charge is 0.474 e. The standard InChI is InChI=1S/C24H38O4.C12H27O4P/c1-3-5-7-9-11-15-19-27-23(25)21-17-13-14-18-22(21)24(26)28-20-16-12-10-8-6-4-2;1-4-7-10-14-17(13,15-11-8-5-2)16-12-9-6-3/h13-14,17-18H,3-12,15-16,19-20H2,1-2H3;4-12H2,1-3H3. The monoisotopic (exact) mass is 656 g/mol. The maximum Gasteiger partial charge on any atom is 0.474 e. The fourth-order valence-electron chi connectivity index (χ4n) is 4.16. The molecule has 9 heteroatoms. The van der Waals surface area contributed by atoms with Gasteiger partial charge in [-0.1, -0.05) is 130 Å². The summed E-state index contributed by atoms with van der Waals surface area (Å²) in [5.74, 6) is -0.888. The second kappa shape index (κ2) is 30.9. The Bertz CT molecular complexity index is 809. The van der Waals surface area contributed by atoms with Gasteiger partial charge in [0.15, 0.2) is 0 Å². The lowest BCUT2D eigenvalue weighted by molar-refractivity contribution is 0.0450. The van der Waals surface area contributed by atoms with Crippen molar-refractivity contribution in [2.24, 2.45) is 0 Å². The zero-order valence-electron chi connectivity index (χ0n) is 29.3. The van der Waals surface area contributed by atoms with Crippen molar-refractivity contribution in [2.75, 3.05) is 33.0 Å². The van der Waals surface area contributed by atoms with Gasteiger partial charge >= 0.3 is 19.8 Å². The first-order chi connectivity index (χ1) is 21.9. The van der Waals surface area contributed by atoms with Gasteiger partial charge in [0.25, 0.3) is 0 Å². The SMILES string of the molecule is CCCCCCCCOC(=O)c1ccccc1C(=O)OCCCCCCCC.CCCCOP(=O)(OCCCC)OCCCC. The number of ether oxygens (including phenoxy) is 2. The van der Waals surface area contributed by atoms with E-state index in [1.807, 2.05) is 0 Å². The third-order valence-electron chi connectivity index (χ3n) is 7.07. The van der Waals surface area contributed by atoms with Gasteiger partial charge in [-0.15, -0.1) is 0 Å². The van der Waals surface area contributed by atoms with Crippen LogP contribution in [0.1, 0.15) is 171 Å². The molecule has 8 nitrogen and oxygen atoms in total. The molecule has 0 fully saturated rings. The number of hydrogen-bond donors (Lipinski definition) is 0. The van der Waals surface area contributed by atoms with Gasteiger partial charge in [-0.25, -0.2) is 14.2 Å². The molecule has 0 bridgehead atoms. The molecule has 0 atom stereocenters. The highest BCUT2D eigenvalue weighted by molar-refractivity contribution is 7.48. The van der Waals surface area contributed by atoms with Crippen molar-refractivity contribution >= 4 is 19.8 Å². The van der Waals surface area contributed by atoms with E-state index in [2.05, 4.69) is 34.6 Å². The molecule has 1 aromatic carbocycles. The van der Waals surface area contributed by atoms with Gasteiger partial charge in [-0.2, -0.15) is 0 Å². The molecule has 0 unspecified atom stereocenters. The number of esters is 2. The van der Waals surface area contributed by atoms with Gasteiger partial charge in [0.1, 0.15) is 0 Å². The first-order valence-corrected chi connectivity index (χ1v) is 19.3. The van der Waals surface area contributed by atoms with E-state index < -0.39 is 19.8 Å². The highest BCUT2D eigenvalue weighted by atomic mass is 31.2. The van der Waals surface area contributed by atoms with E-state index in [1.165, 1.54) is 51.4 Å². The van der Waals surface area contributed by atoms with Crippen molar-refractivity contribution in [3.63, 3.8) is 0 Å². The first kappa shape index (κ1) is 43.3. The lowest BCUT2D eigenvalue weighted by atomic mass is 10.1. The molecule has 0 radical (unpaired) electrons. The van der Waals surface area contributed by atoms with Crippen molar-refractivity contribution in [2.45, 2.75) is 150 Å². The Labute approximate surface area is 275 Å². The summed E-state index contributed by atoms with van der Waals surface area (Å²) in [5.41, 5.74) is 0.586. The average molecular weight is 657 g/mol. The lowest BCUT2D eigenvalue weighted by Gasteiger charge is -2.17. The molecule has 0 aliphatic rings. The van der Waals surface area contributed by atoms with E-state index in [4.69, 9.17) is 23.0 Å². The third-order valence-corrected chi connectivity index (χ3v) is 8.57. The number of rotatable bonds is 28. The Balaban J connectivity index is 0.000000976. The first-order valence-electron chi connectivity index (χ1n) is 17.9. The van der Waals surface area contributed by atoms with E-state index in [1.54, 1.807) is 24.3 Å². The van der Waals surface area contributed by atoms with Crippen LogP contribution in [0, 0.1) is 0 Å². The Morgan fingerprint density at radius 1 is 0.467 bits per heavy atom. The van der Waals surface area contributed by atoms with Gasteiger partial charge in [-0.05, 0) is 44.2 Å². The van der Waals surface area contributed by atoms with Crippen LogP contribution in [-0.2, 0) is 27.6 Å². The minimum atomic E-state index is -3.31. The van der Waals surface area contributed by atoms with Crippen LogP contribution in [0.25, 0.3) is 0 Å². The Morgan fingerprint density at radius 3 is 1.11 bits per heavy atom. The normalized spacial score (nSPS) is 11.1. The molecule has 0 heterocycles. The van der Waals surface area contributed by atoms with Gasteiger partial charge in [0.05, 0.1) is 44.2 Å². The fraction of sp³-hybridized carbons (Fsp3) is 0.778. The number of hydrogen-bond acceptors (Lipinski definition) is 8. The van der Waals surface area contributed by atoms with Crippen LogP contribution in [0.2, 0.25) is 0 Å². The maximum absolute atomic E-state index is 12.4. The predicted molar refractivity (Wildman–Crippen MR) is 184 cm³/mol. The predicted octanol–water partition coefficient (Wildman–Crippen LogP) is 11.3. The summed E-state index contributed by atoms with van der Waals surface area (Å²) < 4.78 is 38.7. The summed E-state index contributed by atoms with van der Waals surface area (Å²) in [6, 6.07) is 6.74. The lowest BCUT2D eigenvalue weighted by Crippen LogP contribution is -2.15. The number of carbonyl (C=O) groups excluding carboxylic acids is 2. The molecule has 45 heavy (non-hydrogen) atoms. The van der Waals surface area contributed by atoms with Crippen molar-refractivity contribution in [1.29, 1.82) is 0 Å². The van der Waals surface area contributed by atoms with Crippen molar-refractivity contribution in [3.05, 3.63) is 35.4 Å². The summed E-state index contributed by atoms with van der Waals surface area (Å²) in [7, 11) is -3.31. The summed E-state index contributed by atoms with van der Waals surface area (Å²) in [6.45, 7) is 12.7. The molecule has 0 aromatic heterocycles.